The number of hydrogen-bond donors (Lipinski definition) is 1. The van der Waals surface area contributed by atoms with Gasteiger partial charge in [-0.15, -0.1) is 11.8 Å². The molecular weight excluding hydrogens is 382 g/mol. The summed E-state index contributed by atoms with van der Waals surface area (Å²) in [7, 11) is 0. The third kappa shape index (κ3) is 3.53. The Kier molecular flexibility index (Phi) is 5.62. The standard InChI is InChI=1S/C23H25N3O2S/c1-4-8-18-20(22(27)28-5-2)21(15-11-13-16(29-3)14-12-15)26-19-10-7-6-9-17(19)24-23(26)25-18/h6-7,9-14,21H,4-5,8H2,1-3H3,(H,24,25). The SMILES string of the molecule is CCCC1=C(C(=O)OCC)C(c2ccc(SC)cc2)n2c(nc3ccccc32)N1. The van der Waals surface area contributed by atoms with Crippen LogP contribution in [0.4, 0.5) is 5.95 Å². The molecule has 3 aromatic rings. The Morgan fingerprint density at radius 2 is 1.93 bits per heavy atom. The number of allylic oxidation sites excluding steroid dienone is 1. The number of fused-ring (bicyclic) bond motifs is 3. The van der Waals surface area contributed by atoms with E-state index in [-0.39, 0.29) is 12.0 Å². The molecule has 1 unspecified atom stereocenters. The van der Waals surface area contributed by atoms with E-state index in [1.807, 2.05) is 31.2 Å². The van der Waals surface area contributed by atoms with Crippen molar-refractivity contribution in [1.82, 2.24) is 9.55 Å². The molecule has 0 bridgehead atoms. The van der Waals surface area contributed by atoms with Gasteiger partial charge in [-0.1, -0.05) is 37.6 Å². The van der Waals surface area contributed by atoms with Crippen LogP contribution in [0.3, 0.4) is 0 Å². The van der Waals surface area contributed by atoms with Gasteiger partial charge in [0.2, 0.25) is 5.95 Å². The van der Waals surface area contributed by atoms with Crippen LogP contribution in [0.5, 0.6) is 0 Å². The molecule has 1 aliphatic heterocycles. The van der Waals surface area contributed by atoms with E-state index in [0.717, 1.165) is 41.1 Å². The highest BCUT2D eigenvalue weighted by atomic mass is 32.2. The average Bonchev–Trinajstić information content (AvgIpc) is 3.11. The molecule has 1 atom stereocenters. The van der Waals surface area contributed by atoms with E-state index in [9.17, 15) is 4.79 Å². The summed E-state index contributed by atoms with van der Waals surface area (Å²) < 4.78 is 7.60. The van der Waals surface area contributed by atoms with Crippen molar-refractivity contribution < 1.29 is 9.53 Å². The van der Waals surface area contributed by atoms with E-state index in [4.69, 9.17) is 9.72 Å². The Balaban J connectivity index is 1.96. The molecule has 150 valence electrons. The van der Waals surface area contributed by atoms with Crippen molar-refractivity contribution in [3.8, 4) is 0 Å². The molecule has 2 aromatic carbocycles. The van der Waals surface area contributed by atoms with Crippen molar-refractivity contribution in [2.45, 2.75) is 37.6 Å². The molecule has 6 heteroatoms. The molecule has 0 radical (unpaired) electrons. The second kappa shape index (κ2) is 8.33. The lowest BCUT2D eigenvalue weighted by molar-refractivity contribution is -0.139. The highest BCUT2D eigenvalue weighted by Crippen LogP contribution is 2.40. The smallest absolute Gasteiger partial charge is 0.338 e. The second-order valence-electron chi connectivity index (χ2n) is 6.96. The molecule has 0 saturated carbocycles. The summed E-state index contributed by atoms with van der Waals surface area (Å²) in [5.41, 5.74) is 4.51. The van der Waals surface area contributed by atoms with E-state index < -0.39 is 0 Å². The number of rotatable bonds is 6. The second-order valence-corrected chi connectivity index (χ2v) is 7.84. The van der Waals surface area contributed by atoms with E-state index in [1.54, 1.807) is 11.8 Å². The van der Waals surface area contributed by atoms with Crippen molar-refractivity contribution in [2.75, 3.05) is 18.2 Å². The minimum atomic E-state index is -0.282. The lowest BCUT2D eigenvalue weighted by Crippen LogP contribution is -2.29. The number of anilines is 1. The van der Waals surface area contributed by atoms with Gasteiger partial charge in [-0.05, 0) is 49.4 Å². The molecule has 0 saturated heterocycles. The normalized spacial score (nSPS) is 15.9. The molecule has 0 spiro atoms. The Hall–Kier alpha value is -2.73. The van der Waals surface area contributed by atoms with Crippen LogP contribution in [-0.2, 0) is 9.53 Å². The van der Waals surface area contributed by atoms with Gasteiger partial charge < -0.3 is 10.1 Å². The number of para-hydroxylation sites is 2. The van der Waals surface area contributed by atoms with Crippen LogP contribution in [-0.4, -0.2) is 28.4 Å². The molecule has 29 heavy (non-hydrogen) atoms. The quantitative estimate of drug-likeness (QED) is 0.438. The van der Waals surface area contributed by atoms with Crippen LogP contribution < -0.4 is 5.32 Å². The maximum absolute atomic E-state index is 13.1. The lowest BCUT2D eigenvalue weighted by atomic mass is 9.93. The van der Waals surface area contributed by atoms with Crippen molar-refractivity contribution >= 4 is 34.7 Å². The number of hydrogen-bond acceptors (Lipinski definition) is 5. The Labute approximate surface area is 175 Å². The fourth-order valence-electron chi connectivity index (χ4n) is 3.88. The summed E-state index contributed by atoms with van der Waals surface area (Å²) in [5.74, 6) is 0.493. The zero-order chi connectivity index (χ0) is 20.4. The fourth-order valence-corrected chi connectivity index (χ4v) is 4.29. The third-order valence-corrected chi connectivity index (χ3v) is 5.89. The van der Waals surface area contributed by atoms with E-state index in [1.165, 1.54) is 4.90 Å². The first-order chi connectivity index (χ1) is 14.2. The van der Waals surface area contributed by atoms with Gasteiger partial charge in [0.1, 0.15) is 0 Å². The summed E-state index contributed by atoms with van der Waals surface area (Å²) in [4.78, 5) is 19.1. The summed E-state index contributed by atoms with van der Waals surface area (Å²) in [6.45, 7) is 4.29. The monoisotopic (exact) mass is 407 g/mol. The van der Waals surface area contributed by atoms with Crippen molar-refractivity contribution in [3.63, 3.8) is 0 Å². The minimum absolute atomic E-state index is 0.272. The predicted octanol–water partition coefficient (Wildman–Crippen LogP) is 5.39. The predicted molar refractivity (Wildman–Crippen MR) is 118 cm³/mol. The van der Waals surface area contributed by atoms with Crippen LogP contribution in [0, 0.1) is 0 Å². The lowest BCUT2D eigenvalue weighted by Gasteiger charge is -2.31. The Bertz CT molecular complexity index is 1070. The van der Waals surface area contributed by atoms with Gasteiger partial charge in [0.25, 0.3) is 0 Å². The molecule has 5 nitrogen and oxygen atoms in total. The number of ether oxygens (including phenoxy) is 1. The molecule has 1 aromatic heterocycles. The third-order valence-electron chi connectivity index (χ3n) is 5.14. The number of nitrogens with one attached hydrogen (secondary N) is 1. The Morgan fingerprint density at radius 3 is 2.62 bits per heavy atom. The molecule has 1 aliphatic rings. The van der Waals surface area contributed by atoms with Gasteiger partial charge in [-0.3, -0.25) is 4.57 Å². The molecule has 0 fully saturated rings. The van der Waals surface area contributed by atoms with E-state index in [0.29, 0.717) is 12.2 Å². The van der Waals surface area contributed by atoms with Gasteiger partial charge >= 0.3 is 5.97 Å². The largest absolute Gasteiger partial charge is 0.463 e. The van der Waals surface area contributed by atoms with Crippen molar-refractivity contribution in [1.29, 1.82) is 0 Å². The number of carbonyl (C=O) groups is 1. The van der Waals surface area contributed by atoms with Crippen molar-refractivity contribution in [2.24, 2.45) is 0 Å². The van der Waals surface area contributed by atoms with Crippen LogP contribution in [0.2, 0.25) is 0 Å². The fraction of sp³-hybridized carbons (Fsp3) is 0.304. The number of imidazole rings is 1. The number of carbonyl (C=O) groups excluding carboxylic acids is 1. The van der Waals surface area contributed by atoms with Gasteiger partial charge in [-0.2, -0.15) is 0 Å². The van der Waals surface area contributed by atoms with Gasteiger partial charge in [-0.25, -0.2) is 9.78 Å². The number of thioether (sulfide) groups is 1. The maximum atomic E-state index is 13.1. The van der Waals surface area contributed by atoms with Crippen LogP contribution in [0.1, 0.15) is 38.3 Å². The van der Waals surface area contributed by atoms with Gasteiger partial charge in [0.15, 0.2) is 0 Å². The summed E-state index contributed by atoms with van der Waals surface area (Å²) in [6, 6.07) is 16.1. The zero-order valence-corrected chi connectivity index (χ0v) is 17.8. The van der Waals surface area contributed by atoms with Gasteiger partial charge in [0, 0.05) is 10.6 Å². The van der Waals surface area contributed by atoms with E-state index in [2.05, 4.69) is 47.3 Å². The number of benzene rings is 2. The van der Waals surface area contributed by atoms with Crippen molar-refractivity contribution in [3.05, 3.63) is 65.4 Å². The summed E-state index contributed by atoms with van der Waals surface area (Å²) in [6.07, 6.45) is 3.74. The zero-order valence-electron chi connectivity index (χ0n) is 16.9. The molecule has 2 heterocycles. The van der Waals surface area contributed by atoms with Crippen LogP contribution >= 0.6 is 11.8 Å². The van der Waals surface area contributed by atoms with E-state index >= 15 is 0 Å². The number of aromatic nitrogens is 2. The minimum Gasteiger partial charge on any atom is -0.463 e. The first-order valence-corrected chi connectivity index (χ1v) is 11.2. The molecular formula is C23H25N3O2S. The highest BCUT2D eigenvalue weighted by Gasteiger charge is 2.35. The summed E-state index contributed by atoms with van der Waals surface area (Å²) >= 11 is 1.70. The topological polar surface area (TPSA) is 56.2 Å². The first kappa shape index (κ1) is 19.6. The van der Waals surface area contributed by atoms with Crippen LogP contribution in [0.25, 0.3) is 11.0 Å². The Morgan fingerprint density at radius 1 is 1.17 bits per heavy atom. The molecule has 0 aliphatic carbocycles. The molecule has 1 N–H and O–H groups in total. The average molecular weight is 408 g/mol. The number of nitrogens with zero attached hydrogens (tertiary/aromatic N) is 2. The molecule has 0 amide bonds. The highest BCUT2D eigenvalue weighted by molar-refractivity contribution is 7.98. The van der Waals surface area contributed by atoms with Crippen LogP contribution in [0.15, 0.2) is 64.7 Å². The maximum Gasteiger partial charge on any atom is 0.338 e. The number of esters is 1. The first-order valence-electron chi connectivity index (χ1n) is 9.96. The van der Waals surface area contributed by atoms with Gasteiger partial charge in [0.05, 0.1) is 29.3 Å². The molecule has 4 rings (SSSR count). The summed E-state index contributed by atoms with van der Waals surface area (Å²) in [5, 5.41) is 3.43.